The third kappa shape index (κ3) is 6.41. The van der Waals surface area contributed by atoms with E-state index in [0.717, 1.165) is 0 Å². The Bertz CT molecular complexity index is 1030. The Balaban J connectivity index is 1.91. The average Bonchev–Trinajstić information content (AvgIpc) is 2.70. The zero-order valence-electron chi connectivity index (χ0n) is 15.6. The minimum atomic E-state index is -3.77. The number of benzene rings is 2. The molecule has 0 bridgehead atoms. The smallest absolute Gasteiger partial charge is 0.338 e. The van der Waals surface area contributed by atoms with Crippen LogP contribution < -0.4 is 4.72 Å². The van der Waals surface area contributed by atoms with Crippen molar-refractivity contribution in [2.24, 2.45) is 0 Å². The zero-order chi connectivity index (χ0) is 21.4. The van der Waals surface area contributed by atoms with Gasteiger partial charge in [0.1, 0.15) is 5.82 Å². The standard InChI is InChI=1S/C20H19FN2O5S/c1-3-11-22-29(26,27)18-9-7-16(8-10-18)20(25)28-14-19(24)23(2)13-15-5-4-6-17(21)12-15/h1,4-10,12,22H,11,13-14H2,2H3. The maximum absolute atomic E-state index is 13.2. The summed E-state index contributed by atoms with van der Waals surface area (Å²) in [6.07, 6.45) is 5.02. The van der Waals surface area contributed by atoms with E-state index in [1.807, 2.05) is 0 Å². The third-order valence-electron chi connectivity index (χ3n) is 3.83. The van der Waals surface area contributed by atoms with Gasteiger partial charge in [0.25, 0.3) is 5.91 Å². The molecule has 0 aromatic heterocycles. The highest BCUT2D eigenvalue weighted by Gasteiger charge is 2.16. The number of hydrogen-bond donors (Lipinski definition) is 1. The lowest BCUT2D eigenvalue weighted by Crippen LogP contribution is -2.30. The van der Waals surface area contributed by atoms with Crippen molar-refractivity contribution in [2.45, 2.75) is 11.4 Å². The minimum Gasteiger partial charge on any atom is -0.452 e. The van der Waals surface area contributed by atoms with Crippen molar-refractivity contribution >= 4 is 21.9 Å². The summed E-state index contributed by atoms with van der Waals surface area (Å²) in [4.78, 5) is 25.4. The van der Waals surface area contributed by atoms with E-state index in [0.29, 0.717) is 5.56 Å². The van der Waals surface area contributed by atoms with Crippen LogP contribution in [0.2, 0.25) is 0 Å². The van der Waals surface area contributed by atoms with E-state index < -0.39 is 34.3 Å². The molecule has 0 heterocycles. The van der Waals surface area contributed by atoms with Gasteiger partial charge in [-0.05, 0) is 42.0 Å². The van der Waals surface area contributed by atoms with Crippen molar-refractivity contribution in [2.75, 3.05) is 20.2 Å². The van der Waals surface area contributed by atoms with Gasteiger partial charge in [0.2, 0.25) is 10.0 Å². The normalized spacial score (nSPS) is 10.8. The maximum atomic E-state index is 13.2. The van der Waals surface area contributed by atoms with Crippen molar-refractivity contribution in [3.63, 3.8) is 0 Å². The number of sulfonamides is 1. The molecule has 7 nitrogen and oxygen atoms in total. The predicted molar refractivity (Wildman–Crippen MR) is 104 cm³/mol. The molecule has 2 aromatic carbocycles. The van der Waals surface area contributed by atoms with Crippen LogP contribution in [0.1, 0.15) is 15.9 Å². The summed E-state index contributed by atoms with van der Waals surface area (Å²) in [7, 11) is -2.26. The lowest BCUT2D eigenvalue weighted by atomic mass is 10.2. The third-order valence-corrected chi connectivity index (χ3v) is 5.24. The fourth-order valence-electron chi connectivity index (χ4n) is 2.31. The number of rotatable bonds is 8. The number of ether oxygens (including phenoxy) is 1. The van der Waals surface area contributed by atoms with Crippen LogP contribution >= 0.6 is 0 Å². The molecule has 0 radical (unpaired) electrons. The number of nitrogens with one attached hydrogen (secondary N) is 1. The maximum Gasteiger partial charge on any atom is 0.338 e. The molecule has 0 aliphatic carbocycles. The van der Waals surface area contributed by atoms with E-state index >= 15 is 0 Å². The minimum absolute atomic E-state index is 0.0600. The van der Waals surface area contributed by atoms with Gasteiger partial charge in [0, 0.05) is 13.6 Å². The quantitative estimate of drug-likeness (QED) is 0.519. The first-order chi connectivity index (χ1) is 13.7. The summed E-state index contributed by atoms with van der Waals surface area (Å²) in [6.45, 7) is -0.503. The molecule has 0 saturated heterocycles. The van der Waals surface area contributed by atoms with Gasteiger partial charge in [0.15, 0.2) is 6.61 Å². The van der Waals surface area contributed by atoms with E-state index in [4.69, 9.17) is 11.2 Å². The van der Waals surface area contributed by atoms with E-state index in [1.54, 1.807) is 6.07 Å². The van der Waals surface area contributed by atoms with Crippen molar-refractivity contribution < 1.29 is 27.1 Å². The fourth-order valence-corrected chi connectivity index (χ4v) is 3.24. The summed E-state index contributed by atoms with van der Waals surface area (Å²) in [6, 6.07) is 10.8. The van der Waals surface area contributed by atoms with Gasteiger partial charge in [-0.2, -0.15) is 4.72 Å². The molecule has 0 fully saturated rings. The van der Waals surface area contributed by atoms with Gasteiger partial charge in [-0.3, -0.25) is 4.79 Å². The molecule has 0 aliphatic heterocycles. The molecule has 0 atom stereocenters. The second-order valence-electron chi connectivity index (χ2n) is 6.01. The van der Waals surface area contributed by atoms with Crippen LogP contribution in [-0.4, -0.2) is 45.4 Å². The van der Waals surface area contributed by atoms with Crippen LogP contribution in [0.4, 0.5) is 4.39 Å². The first kappa shape index (κ1) is 22.1. The number of hydrogen-bond acceptors (Lipinski definition) is 5. The fraction of sp³-hybridized carbons (Fsp3) is 0.200. The molecule has 0 aliphatic rings. The Morgan fingerprint density at radius 1 is 1.21 bits per heavy atom. The van der Waals surface area contributed by atoms with Gasteiger partial charge < -0.3 is 9.64 Å². The van der Waals surface area contributed by atoms with Crippen LogP contribution in [0.15, 0.2) is 53.4 Å². The van der Waals surface area contributed by atoms with Crippen molar-refractivity contribution in [1.82, 2.24) is 9.62 Å². The lowest BCUT2D eigenvalue weighted by Gasteiger charge is -2.17. The Hall–Kier alpha value is -3.22. The number of carbonyl (C=O) groups is 2. The van der Waals surface area contributed by atoms with Crippen molar-refractivity contribution in [3.05, 3.63) is 65.5 Å². The average molecular weight is 418 g/mol. The van der Waals surface area contributed by atoms with Crippen LogP contribution in [0.5, 0.6) is 0 Å². The topological polar surface area (TPSA) is 92.8 Å². The highest BCUT2D eigenvalue weighted by atomic mass is 32.2. The summed E-state index contributed by atoms with van der Waals surface area (Å²) in [5.74, 6) is 0.499. The van der Waals surface area contributed by atoms with Gasteiger partial charge in [-0.1, -0.05) is 18.1 Å². The SMILES string of the molecule is C#CCNS(=O)(=O)c1ccc(C(=O)OCC(=O)N(C)Cc2cccc(F)c2)cc1. The molecule has 2 aromatic rings. The molecule has 152 valence electrons. The Kier molecular flexibility index (Phi) is 7.47. The first-order valence-electron chi connectivity index (χ1n) is 8.41. The van der Waals surface area contributed by atoms with Crippen LogP contribution in [0.3, 0.4) is 0 Å². The molecule has 0 saturated carbocycles. The Morgan fingerprint density at radius 3 is 2.52 bits per heavy atom. The molecular weight excluding hydrogens is 399 g/mol. The summed E-state index contributed by atoms with van der Waals surface area (Å²) in [5, 5.41) is 0. The monoisotopic (exact) mass is 418 g/mol. The predicted octanol–water partition coefficient (Wildman–Crippen LogP) is 1.55. The molecule has 0 spiro atoms. The molecule has 1 amide bonds. The van der Waals surface area contributed by atoms with Gasteiger partial charge in [0.05, 0.1) is 17.0 Å². The van der Waals surface area contributed by atoms with Gasteiger partial charge in [-0.15, -0.1) is 6.42 Å². The number of nitrogens with zero attached hydrogens (tertiary/aromatic N) is 1. The number of amides is 1. The van der Waals surface area contributed by atoms with Crippen molar-refractivity contribution in [1.29, 1.82) is 0 Å². The van der Waals surface area contributed by atoms with Crippen LogP contribution in [0.25, 0.3) is 0 Å². The number of esters is 1. The van der Waals surface area contributed by atoms with Crippen LogP contribution in [0, 0.1) is 18.2 Å². The highest BCUT2D eigenvalue weighted by Crippen LogP contribution is 2.12. The van der Waals surface area contributed by atoms with E-state index in [2.05, 4.69) is 10.6 Å². The number of halogens is 1. The lowest BCUT2D eigenvalue weighted by molar-refractivity contribution is -0.133. The number of likely N-dealkylation sites (N-methyl/N-ethyl adjacent to an activating group) is 1. The van der Waals surface area contributed by atoms with Gasteiger partial charge in [-0.25, -0.2) is 17.6 Å². The van der Waals surface area contributed by atoms with E-state index in [-0.39, 0.29) is 23.5 Å². The number of carbonyl (C=O) groups excluding carboxylic acids is 2. The molecule has 0 unspecified atom stereocenters. The number of terminal acetylenes is 1. The molecule has 29 heavy (non-hydrogen) atoms. The summed E-state index contributed by atoms with van der Waals surface area (Å²) >= 11 is 0. The van der Waals surface area contributed by atoms with E-state index in [1.165, 1.54) is 54.4 Å². The first-order valence-corrected chi connectivity index (χ1v) is 9.90. The second kappa shape index (κ2) is 9.82. The zero-order valence-corrected chi connectivity index (χ0v) is 16.4. The molecule has 2 rings (SSSR count). The van der Waals surface area contributed by atoms with Crippen LogP contribution in [-0.2, 0) is 26.1 Å². The van der Waals surface area contributed by atoms with Gasteiger partial charge >= 0.3 is 5.97 Å². The summed E-state index contributed by atoms with van der Waals surface area (Å²) < 4.78 is 44.2. The molecule has 9 heteroatoms. The highest BCUT2D eigenvalue weighted by molar-refractivity contribution is 7.89. The van der Waals surface area contributed by atoms with E-state index in [9.17, 15) is 22.4 Å². The molecular formula is C20H19FN2O5S. The largest absolute Gasteiger partial charge is 0.452 e. The summed E-state index contributed by atoms with van der Waals surface area (Å²) in [5.41, 5.74) is 0.684. The molecule has 1 N–H and O–H groups in total. The second-order valence-corrected chi connectivity index (χ2v) is 7.78. The Morgan fingerprint density at radius 2 is 1.90 bits per heavy atom. The van der Waals surface area contributed by atoms with Crippen molar-refractivity contribution in [3.8, 4) is 12.3 Å². The Labute approximate surface area is 168 Å².